The summed E-state index contributed by atoms with van der Waals surface area (Å²) in [7, 11) is 0. The summed E-state index contributed by atoms with van der Waals surface area (Å²) in [4.78, 5) is 57.5. The lowest BCUT2D eigenvalue weighted by Gasteiger charge is -2.19. The zero-order chi connectivity index (χ0) is 98.8. The molecule has 0 heterocycles. The Morgan fingerprint density at radius 2 is 0.400 bits per heavy atom. The van der Waals surface area contributed by atoms with Gasteiger partial charge in [-0.3, -0.25) is 0 Å². The number of unbranched alkanes of at least 4 members (excludes halogenated alkanes) is 54. The topological polar surface area (TPSA) is 170 Å². The summed E-state index contributed by atoms with van der Waals surface area (Å²) >= 11 is 0. The first-order chi connectivity index (χ1) is 69.0. The number of esters is 4. The molecule has 0 N–H and O–H groups in total. The van der Waals surface area contributed by atoms with Crippen LogP contribution in [-0.2, 0) is 6.61 Å². The Hall–Kier alpha value is -9.76. The van der Waals surface area contributed by atoms with Crippen LogP contribution >= 0.6 is 0 Å². The lowest BCUT2D eigenvalue weighted by molar-refractivity contribution is 0.0717. The predicted octanol–water partition coefficient (Wildman–Crippen LogP) is 37.3. The van der Waals surface area contributed by atoms with Crippen molar-refractivity contribution in [3.63, 3.8) is 0 Å². The molecule has 0 unspecified atom stereocenters. The van der Waals surface area contributed by atoms with Crippen LogP contribution < -0.4 is 52.1 Å². The van der Waals surface area contributed by atoms with Crippen LogP contribution in [0.5, 0.6) is 63.2 Å². The Morgan fingerprint density at radius 3 is 0.643 bits per heavy atom. The van der Waals surface area contributed by atoms with Crippen LogP contribution in [0.4, 0.5) is 0 Å². The Balaban J connectivity index is 0.911. The van der Waals surface area contributed by atoms with E-state index in [9.17, 15) is 19.2 Å². The molecule has 15 heteroatoms. The van der Waals surface area contributed by atoms with Gasteiger partial charge in [-0.1, -0.05) is 467 Å². The van der Waals surface area contributed by atoms with Crippen molar-refractivity contribution < 1.29 is 71.3 Å². The van der Waals surface area contributed by atoms with Crippen LogP contribution in [0.25, 0.3) is 22.3 Å². The first-order valence-corrected chi connectivity index (χ1v) is 56.2. The summed E-state index contributed by atoms with van der Waals surface area (Å²) < 4.78 is 70.4. The fourth-order valence-corrected chi connectivity index (χ4v) is 17.9. The van der Waals surface area contributed by atoms with Crippen LogP contribution in [0.2, 0.25) is 0 Å². The molecule has 0 saturated carbocycles. The van der Waals surface area contributed by atoms with Gasteiger partial charge in [0.2, 0.25) is 11.5 Å². The van der Waals surface area contributed by atoms with E-state index in [1.807, 2.05) is 78.9 Å². The lowest BCUT2D eigenvalue weighted by Crippen LogP contribution is -2.14. The van der Waals surface area contributed by atoms with E-state index in [0.29, 0.717) is 96.8 Å². The predicted molar refractivity (Wildman–Crippen MR) is 578 cm³/mol. The van der Waals surface area contributed by atoms with E-state index >= 15 is 0 Å². The van der Waals surface area contributed by atoms with Gasteiger partial charge in [-0.05, 0) is 157 Å². The minimum Gasteiger partial charge on any atom is -0.490 e. The second-order valence-electron chi connectivity index (χ2n) is 38.9. The van der Waals surface area contributed by atoms with Gasteiger partial charge in [0, 0.05) is 0 Å². The number of rotatable bonds is 85. The summed E-state index contributed by atoms with van der Waals surface area (Å²) in [5, 5.41) is 0. The van der Waals surface area contributed by atoms with Crippen LogP contribution in [0.1, 0.15) is 474 Å². The van der Waals surface area contributed by atoms with E-state index in [1.54, 1.807) is 84.9 Å². The molecule has 770 valence electrons. The van der Waals surface area contributed by atoms with Crippen LogP contribution in [-0.4, -0.2) is 63.5 Å². The van der Waals surface area contributed by atoms with E-state index in [2.05, 4.69) is 41.5 Å². The van der Waals surface area contributed by atoms with Crippen molar-refractivity contribution in [2.45, 2.75) is 433 Å². The molecular weight excluding hydrogens is 1740 g/mol. The van der Waals surface area contributed by atoms with Gasteiger partial charge in [-0.25, -0.2) is 19.2 Å². The second kappa shape index (κ2) is 75.1. The fourth-order valence-electron chi connectivity index (χ4n) is 17.9. The van der Waals surface area contributed by atoms with E-state index in [0.717, 1.165) is 105 Å². The smallest absolute Gasteiger partial charge is 0.347 e. The van der Waals surface area contributed by atoms with Gasteiger partial charge in [-0.2, -0.15) is 0 Å². The van der Waals surface area contributed by atoms with Crippen molar-refractivity contribution in [3.8, 4) is 85.5 Å². The number of hydrogen-bond donors (Lipinski definition) is 0. The molecular formula is C125H180O15. The highest BCUT2D eigenvalue weighted by atomic mass is 16.6. The standard InChI is InChI=1S/C125H180O15/c1-7-13-19-25-31-37-43-49-55-64-90-130-116-97-108(98-117(131-91-65-56-50-44-38-32-26-20-14-8-2)120(116)134-94-68-59-53-47-41-35-29-23-17-11-5)123(127)138-111-83-74-104(75-84-111)103-72-81-110(82-73-103)137-122(126)107-80-89-115(136-101-102-70-62-61-63-71-102)114(96-107)125(129)140-113-87-78-106(79-88-113)105-76-85-112(86-77-105)139-124(128)109-99-118(132-92-66-57-51-45-39-33-27-21-15-9-3)121(135-95-69-60-54-48-42-36-30-24-18-12-6)119(100-109)133-93-67-58-52-46-40-34-28-22-16-10-4/h61-63,70-89,96-100H,7-60,64-69,90-95,101H2,1-6H3. The molecule has 0 fully saturated rings. The van der Waals surface area contributed by atoms with E-state index in [4.69, 9.17) is 52.1 Å². The zero-order valence-corrected chi connectivity index (χ0v) is 87.7. The van der Waals surface area contributed by atoms with Gasteiger partial charge in [0.25, 0.3) is 0 Å². The summed E-state index contributed by atoms with van der Waals surface area (Å²) in [5.41, 5.74) is 4.99. The molecule has 0 aliphatic rings. The molecule has 0 aliphatic carbocycles. The summed E-state index contributed by atoms with van der Waals surface area (Å²) in [6.07, 6.45) is 73.1. The summed E-state index contributed by atoms with van der Waals surface area (Å²) in [6, 6.07) is 50.1. The highest BCUT2D eigenvalue weighted by Crippen LogP contribution is 2.43. The van der Waals surface area contributed by atoms with Crippen molar-refractivity contribution in [3.05, 3.63) is 198 Å². The minimum atomic E-state index is -0.740. The maximum absolute atomic E-state index is 14.5. The third-order valence-electron chi connectivity index (χ3n) is 26.6. The van der Waals surface area contributed by atoms with Crippen molar-refractivity contribution in [2.24, 2.45) is 0 Å². The number of carbonyl (C=O) groups excluding carboxylic acids is 4. The third-order valence-corrected chi connectivity index (χ3v) is 26.6. The van der Waals surface area contributed by atoms with Crippen molar-refractivity contribution in [1.82, 2.24) is 0 Å². The van der Waals surface area contributed by atoms with Gasteiger partial charge < -0.3 is 52.1 Å². The normalized spacial score (nSPS) is 11.2. The van der Waals surface area contributed by atoms with E-state index < -0.39 is 23.9 Å². The highest BCUT2D eigenvalue weighted by molar-refractivity contribution is 5.99. The molecule has 0 atom stereocenters. The Kier molecular flexibility index (Phi) is 61.9. The molecule has 140 heavy (non-hydrogen) atoms. The van der Waals surface area contributed by atoms with Crippen molar-refractivity contribution in [2.75, 3.05) is 39.6 Å². The molecule has 0 aromatic heterocycles. The SMILES string of the molecule is CCCCCCCCCCCCOc1cc(C(=O)Oc2ccc(-c3ccc(OC(=O)c4ccc(OCc5ccccc5)c(C(=O)Oc5ccc(-c6ccc(OC(=O)c7cc(OCCCCCCCCCCCC)c(OCCCCCCCCCCCC)c(OCCCCCCCCCCCC)c7)cc6)cc5)c4)cc3)cc2)cc(OCCCCCCCCCCCC)c1OCCCCCCCCCCCC. The number of hydrogen-bond acceptors (Lipinski definition) is 15. The molecule has 0 saturated heterocycles. The molecule has 0 bridgehead atoms. The molecule has 8 aromatic carbocycles. The Labute approximate surface area is 846 Å². The van der Waals surface area contributed by atoms with Gasteiger partial charge in [0.1, 0.15) is 40.9 Å². The average Bonchev–Trinajstić information content (AvgIpc) is 0.815. The first-order valence-electron chi connectivity index (χ1n) is 56.2. The second-order valence-corrected chi connectivity index (χ2v) is 38.9. The number of carbonyl (C=O) groups is 4. The molecule has 0 amide bonds. The fraction of sp³-hybridized carbons (Fsp3) is 0.584. The van der Waals surface area contributed by atoms with Crippen LogP contribution in [0, 0.1) is 0 Å². The molecule has 8 aromatic rings. The minimum absolute atomic E-state index is 0.0267. The van der Waals surface area contributed by atoms with Gasteiger partial charge in [0.05, 0.1) is 56.3 Å². The van der Waals surface area contributed by atoms with Crippen molar-refractivity contribution >= 4 is 23.9 Å². The van der Waals surface area contributed by atoms with Crippen molar-refractivity contribution in [1.29, 1.82) is 0 Å². The molecule has 0 aliphatic heterocycles. The van der Waals surface area contributed by atoms with E-state index in [-0.39, 0.29) is 35.0 Å². The number of ether oxygens (including phenoxy) is 11. The average molecular weight is 1920 g/mol. The van der Waals surface area contributed by atoms with Crippen LogP contribution in [0.15, 0.2) is 170 Å². The molecule has 0 spiro atoms. The molecule has 8 rings (SSSR count). The van der Waals surface area contributed by atoms with E-state index in [1.165, 1.54) is 314 Å². The largest absolute Gasteiger partial charge is 0.490 e. The maximum Gasteiger partial charge on any atom is 0.347 e. The van der Waals surface area contributed by atoms with Crippen LogP contribution in [0.3, 0.4) is 0 Å². The quantitative estimate of drug-likeness (QED) is 0.0200. The monoisotopic (exact) mass is 1920 g/mol. The molecule has 15 nitrogen and oxygen atoms in total. The number of benzene rings is 8. The van der Waals surface area contributed by atoms with Gasteiger partial charge in [0.15, 0.2) is 23.0 Å². The summed E-state index contributed by atoms with van der Waals surface area (Å²) in [5.74, 6) is 2.11. The molecule has 0 radical (unpaired) electrons. The zero-order valence-electron chi connectivity index (χ0n) is 87.7. The lowest BCUT2D eigenvalue weighted by atomic mass is 10.1. The Bertz CT molecular complexity index is 4440. The highest BCUT2D eigenvalue weighted by Gasteiger charge is 2.26. The maximum atomic E-state index is 14.5. The third kappa shape index (κ3) is 48.8. The van der Waals surface area contributed by atoms with Gasteiger partial charge >= 0.3 is 23.9 Å². The Morgan fingerprint density at radius 1 is 0.186 bits per heavy atom. The van der Waals surface area contributed by atoms with Gasteiger partial charge in [-0.15, -0.1) is 0 Å². The first kappa shape index (κ1) is 115. The summed E-state index contributed by atoms with van der Waals surface area (Å²) in [6.45, 7) is 16.8.